The summed E-state index contributed by atoms with van der Waals surface area (Å²) in [6.07, 6.45) is -3.84. The molecule has 1 aromatic carbocycles. The van der Waals surface area contributed by atoms with Crippen LogP contribution in [0.5, 0.6) is 0 Å². The van der Waals surface area contributed by atoms with Crippen LogP contribution >= 0.6 is 0 Å². The number of hydrazone groups is 1. The molecule has 3 atom stereocenters. The summed E-state index contributed by atoms with van der Waals surface area (Å²) in [4.78, 5) is 12.5. The molecule has 1 heterocycles. The van der Waals surface area contributed by atoms with Crippen molar-refractivity contribution in [2.45, 2.75) is 38.1 Å². The van der Waals surface area contributed by atoms with Gasteiger partial charge in [-0.05, 0) is 37.0 Å². The third kappa shape index (κ3) is 2.40. The topological polar surface area (TPSA) is 52.9 Å². The summed E-state index contributed by atoms with van der Waals surface area (Å²) in [5, 5.41) is 14.4. The molecule has 0 spiro atoms. The van der Waals surface area contributed by atoms with Gasteiger partial charge in [0.15, 0.2) is 0 Å². The second-order valence-electron chi connectivity index (χ2n) is 6.26. The third-order valence-corrected chi connectivity index (χ3v) is 4.70. The van der Waals surface area contributed by atoms with Crippen LogP contribution in [0.3, 0.4) is 0 Å². The molecular formula is C16H16F4N2O2. The van der Waals surface area contributed by atoms with Gasteiger partial charge in [-0.2, -0.15) is 23.3 Å². The molecule has 24 heavy (non-hydrogen) atoms. The zero-order chi connectivity index (χ0) is 17.7. The molecule has 0 aromatic heterocycles. The van der Waals surface area contributed by atoms with E-state index in [0.29, 0.717) is 12.8 Å². The van der Waals surface area contributed by atoms with E-state index in [9.17, 15) is 27.5 Å². The number of hydrogen-bond donors (Lipinski definition) is 1. The van der Waals surface area contributed by atoms with Gasteiger partial charge in [0.1, 0.15) is 5.82 Å². The molecule has 1 aliphatic carbocycles. The van der Waals surface area contributed by atoms with E-state index in [1.807, 2.05) is 0 Å². The van der Waals surface area contributed by atoms with Gasteiger partial charge in [-0.15, -0.1) is 0 Å². The molecule has 8 heteroatoms. The van der Waals surface area contributed by atoms with Gasteiger partial charge in [0.25, 0.3) is 11.6 Å². The lowest BCUT2D eigenvalue weighted by Crippen LogP contribution is -2.61. The normalized spacial score (nSPS) is 30.1. The minimum atomic E-state index is -5.08. The van der Waals surface area contributed by atoms with Gasteiger partial charge >= 0.3 is 6.18 Å². The van der Waals surface area contributed by atoms with E-state index in [2.05, 4.69) is 5.10 Å². The average molecular weight is 344 g/mol. The van der Waals surface area contributed by atoms with Crippen LogP contribution in [0.4, 0.5) is 17.6 Å². The lowest BCUT2D eigenvalue weighted by atomic mass is 9.75. The van der Waals surface area contributed by atoms with Crippen molar-refractivity contribution in [3.05, 3.63) is 35.6 Å². The predicted octanol–water partition coefficient (Wildman–Crippen LogP) is 3.32. The highest BCUT2D eigenvalue weighted by Crippen LogP contribution is 2.49. The van der Waals surface area contributed by atoms with Crippen molar-refractivity contribution in [3.8, 4) is 0 Å². The molecule has 0 saturated heterocycles. The number of carbonyl (C=O) groups excluding carboxylic acids is 1. The van der Waals surface area contributed by atoms with Gasteiger partial charge < -0.3 is 5.11 Å². The molecule has 0 radical (unpaired) electrons. The summed E-state index contributed by atoms with van der Waals surface area (Å²) >= 11 is 0. The lowest BCUT2D eigenvalue weighted by molar-refractivity contribution is -0.312. The van der Waals surface area contributed by atoms with Crippen molar-refractivity contribution in [3.63, 3.8) is 0 Å². The summed E-state index contributed by atoms with van der Waals surface area (Å²) in [6, 6.07) is 4.30. The van der Waals surface area contributed by atoms with Crippen LogP contribution in [0.2, 0.25) is 0 Å². The van der Waals surface area contributed by atoms with Gasteiger partial charge in [-0.3, -0.25) is 4.79 Å². The number of nitrogens with zero attached hydrogens (tertiary/aromatic N) is 2. The van der Waals surface area contributed by atoms with E-state index in [4.69, 9.17) is 0 Å². The predicted molar refractivity (Wildman–Crippen MR) is 77.5 cm³/mol. The molecule has 2 aliphatic rings. The zero-order valence-corrected chi connectivity index (χ0v) is 12.8. The van der Waals surface area contributed by atoms with Gasteiger partial charge in [0.05, 0.1) is 5.92 Å². The Morgan fingerprint density at radius 3 is 2.71 bits per heavy atom. The quantitative estimate of drug-likeness (QED) is 0.795. The molecule has 1 saturated carbocycles. The number of rotatable bonds is 1. The molecule has 130 valence electrons. The van der Waals surface area contributed by atoms with Crippen LogP contribution in [0.1, 0.15) is 36.5 Å². The van der Waals surface area contributed by atoms with E-state index < -0.39 is 29.5 Å². The number of halogens is 4. The van der Waals surface area contributed by atoms with Crippen molar-refractivity contribution in [2.24, 2.45) is 16.9 Å². The monoisotopic (exact) mass is 344 g/mol. The van der Waals surface area contributed by atoms with Crippen LogP contribution in [0.15, 0.2) is 29.4 Å². The molecule has 1 fully saturated rings. The summed E-state index contributed by atoms with van der Waals surface area (Å²) in [7, 11) is 0. The first-order chi connectivity index (χ1) is 11.2. The van der Waals surface area contributed by atoms with Crippen LogP contribution in [-0.4, -0.2) is 33.6 Å². The number of alkyl halides is 3. The van der Waals surface area contributed by atoms with Crippen molar-refractivity contribution in [2.75, 3.05) is 0 Å². The van der Waals surface area contributed by atoms with Crippen LogP contribution < -0.4 is 0 Å². The molecule has 1 aliphatic heterocycles. The first kappa shape index (κ1) is 16.9. The van der Waals surface area contributed by atoms with Crippen molar-refractivity contribution in [1.29, 1.82) is 0 Å². The van der Waals surface area contributed by atoms with E-state index in [0.717, 1.165) is 12.1 Å². The first-order valence-corrected chi connectivity index (χ1v) is 7.64. The molecule has 1 N–H and O–H groups in total. The summed E-state index contributed by atoms with van der Waals surface area (Å²) in [5.74, 6) is -3.49. The van der Waals surface area contributed by atoms with Crippen molar-refractivity contribution in [1.82, 2.24) is 5.01 Å². The highest BCUT2D eigenvalue weighted by atomic mass is 19.4. The van der Waals surface area contributed by atoms with E-state index in [-0.39, 0.29) is 28.6 Å². The minimum Gasteiger partial charge on any atom is -0.362 e. The number of aliphatic hydroxyl groups is 1. The first-order valence-electron chi connectivity index (χ1n) is 7.64. The standard InChI is InChI=1S/C16H16F4N2O2/c1-9-4-2-7-12-13(9)21-22(15(12,24)16(18,19)20)14(23)10-5-3-6-11(17)8-10/h3,5-6,8-9,12,24H,2,4,7H2,1H3/t9-,12+,15+/m1/s1. The van der Waals surface area contributed by atoms with E-state index in [1.54, 1.807) is 6.92 Å². The second kappa shape index (κ2) is 5.54. The third-order valence-electron chi connectivity index (χ3n) is 4.70. The number of benzene rings is 1. The largest absolute Gasteiger partial charge is 0.439 e. The van der Waals surface area contributed by atoms with E-state index in [1.165, 1.54) is 12.1 Å². The molecule has 0 bridgehead atoms. The van der Waals surface area contributed by atoms with Gasteiger partial charge in [-0.25, -0.2) is 4.39 Å². The fourth-order valence-corrected chi connectivity index (χ4v) is 3.44. The Labute approximate surface area is 135 Å². The molecule has 1 amide bonds. The number of amides is 1. The maximum atomic E-state index is 13.7. The highest BCUT2D eigenvalue weighted by Gasteiger charge is 2.69. The Hall–Kier alpha value is -1.96. The average Bonchev–Trinajstić information content (AvgIpc) is 2.82. The zero-order valence-electron chi connectivity index (χ0n) is 12.8. The Bertz CT molecular complexity index is 704. The number of fused-ring (bicyclic) bond motifs is 1. The highest BCUT2D eigenvalue weighted by molar-refractivity contribution is 6.00. The van der Waals surface area contributed by atoms with Gasteiger partial charge in [0, 0.05) is 11.3 Å². The minimum absolute atomic E-state index is 0.0869. The van der Waals surface area contributed by atoms with Gasteiger partial charge in [0.2, 0.25) is 0 Å². The smallest absolute Gasteiger partial charge is 0.362 e. The SMILES string of the molecule is C[C@@H]1CCC[C@H]2C1=NN(C(=O)c1cccc(F)c1)[C@@]2(O)C(F)(F)F. The number of hydrogen-bond acceptors (Lipinski definition) is 3. The fourth-order valence-electron chi connectivity index (χ4n) is 3.44. The van der Waals surface area contributed by atoms with Crippen LogP contribution in [0, 0.1) is 17.7 Å². The van der Waals surface area contributed by atoms with Crippen molar-refractivity contribution < 1.29 is 27.5 Å². The lowest BCUT2D eigenvalue weighted by Gasteiger charge is -2.39. The number of carbonyl (C=O) groups is 1. The summed E-state index contributed by atoms with van der Waals surface area (Å²) in [5.41, 5.74) is -3.53. The Balaban J connectivity index is 2.08. The molecule has 4 nitrogen and oxygen atoms in total. The second-order valence-corrected chi connectivity index (χ2v) is 6.26. The van der Waals surface area contributed by atoms with Crippen molar-refractivity contribution >= 4 is 11.6 Å². The Morgan fingerprint density at radius 2 is 2.08 bits per heavy atom. The Morgan fingerprint density at radius 1 is 1.38 bits per heavy atom. The van der Waals surface area contributed by atoms with Gasteiger partial charge in [-0.1, -0.05) is 19.4 Å². The molecule has 1 aromatic rings. The molecule has 3 rings (SSSR count). The maximum absolute atomic E-state index is 13.7. The summed E-state index contributed by atoms with van der Waals surface area (Å²) < 4.78 is 54.3. The van der Waals surface area contributed by atoms with Crippen LogP contribution in [0.25, 0.3) is 0 Å². The maximum Gasteiger partial charge on any atom is 0.439 e. The molecular weight excluding hydrogens is 328 g/mol. The Kier molecular flexibility index (Phi) is 3.90. The van der Waals surface area contributed by atoms with E-state index >= 15 is 0 Å². The fraction of sp³-hybridized carbons (Fsp3) is 0.500. The molecule has 0 unspecified atom stereocenters. The van der Waals surface area contributed by atoms with Crippen LogP contribution in [-0.2, 0) is 0 Å². The summed E-state index contributed by atoms with van der Waals surface area (Å²) in [6.45, 7) is 1.72.